The largest absolute Gasteiger partial charge is 0.494 e. The van der Waals surface area contributed by atoms with Crippen LogP contribution in [-0.4, -0.2) is 34.8 Å². The zero-order valence-electron chi connectivity index (χ0n) is 15.2. The van der Waals surface area contributed by atoms with Crippen LogP contribution in [0.4, 0.5) is 4.39 Å². The molecular weight excluding hydrogens is 361 g/mol. The van der Waals surface area contributed by atoms with Crippen LogP contribution in [0.15, 0.2) is 60.9 Å². The van der Waals surface area contributed by atoms with Crippen LogP contribution < -0.4 is 10.1 Å². The molecule has 0 fully saturated rings. The van der Waals surface area contributed by atoms with Crippen molar-refractivity contribution in [2.45, 2.75) is 6.92 Å². The quantitative estimate of drug-likeness (QED) is 0.637. The Kier molecular flexibility index (Phi) is 6.06. The molecule has 1 amide bonds. The first-order chi connectivity index (χ1) is 13.6. The monoisotopic (exact) mass is 379 g/mol. The summed E-state index contributed by atoms with van der Waals surface area (Å²) in [4.78, 5) is 32.7. The SMILES string of the molecule is CCOc1ccc(-c2cncc(C(=O)NCC(=O)c3ccccc3F)n2)cc1. The van der Waals surface area contributed by atoms with Crippen molar-refractivity contribution in [1.82, 2.24) is 15.3 Å². The van der Waals surface area contributed by atoms with Gasteiger partial charge < -0.3 is 10.1 Å². The van der Waals surface area contributed by atoms with E-state index >= 15 is 0 Å². The molecule has 2 aromatic carbocycles. The molecule has 1 N–H and O–H groups in total. The fourth-order valence-corrected chi connectivity index (χ4v) is 2.54. The summed E-state index contributed by atoms with van der Waals surface area (Å²) in [6, 6.07) is 12.9. The van der Waals surface area contributed by atoms with E-state index in [1.807, 2.05) is 19.1 Å². The highest BCUT2D eigenvalue weighted by atomic mass is 19.1. The number of Topliss-reactive ketones (excluding diaryl/α,β-unsaturated/α-hetero) is 1. The Morgan fingerprint density at radius 3 is 2.54 bits per heavy atom. The zero-order valence-corrected chi connectivity index (χ0v) is 15.2. The average Bonchev–Trinajstić information content (AvgIpc) is 2.73. The van der Waals surface area contributed by atoms with Gasteiger partial charge in [-0.05, 0) is 43.3 Å². The Bertz CT molecular complexity index is 990. The van der Waals surface area contributed by atoms with Crippen LogP contribution in [0.5, 0.6) is 5.75 Å². The number of ether oxygens (including phenoxy) is 1. The van der Waals surface area contributed by atoms with Crippen LogP contribution in [0.25, 0.3) is 11.3 Å². The van der Waals surface area contributed by atoms with E-state index in [0.29, 0.717) is 12.3 Å². The van der Waals surface area contributed by atoms with Gasteiger partial charge in [-0.25, -0.2) is 9.37 Å². The van der Waals surface area contributed by atoms with Gasteiger partial charge in [0.15, 0.2) is 5.78 Å². The lowest BCUT2D eigenvalue weighted by Crippen LogP contribution is -2.30. The molecule has 0 radical (unpaired) electrons. The summed E-state index contributed by atoms with van der Waals surface area (Å²) < 4.78 is 19.0. The number of carbonyl (C=O) groups excluding carboxylic acids is 2. The lowest BCUT2D eigenvalue weighted by molar-refractivity contribution is 0.0899. The molecule has 0 spiro atoms. The second kappa shape index (κ2) is 8.85. The minimum Gasteiger partial charge on any atom is -0.494 e. The van der Waals surface area contributed by atoms with Crippen molar-refractivity contribution in [3.05, 3.63) is 78.0 Å². The van der Waals surface area contributed by atoms with Crippen LogP contribution >= 0.6 is 0 Å². The van der Waals surface area contributed by atoms with Gasteiger partial charge in [0.05, 0.1) is 36.8 Å². The molecule has 0 saturated carbocycles. The van der Waals surface area contributed by atoms with Crippen molar-refractivity contribution in [3.8, 4) is 17.0 Å². The first-order valence-corrected chi connectivity index (χ1v) is 8.69. The fraction of sp³-hybridized carbons (Fsp3) is 0.143. The minimum absolute atomic E-state index is 0.0627. The smallest absolute Gasteiger partial charge is 0.271 e. The lowest BCUT2D eigenvalue weighted by atomic mass is 10.1. The van der Waals surface area contributed by atoms with Gasteiger partial charge in [-0.3, -0.25) is 14.6 Å². The lowest BCUT2D eigenvalue weighted by Gasteiger charge is -2.07. The average molecular weight is 379 g/mol. The van der Waals surface area contributed by atoms with Crippen molar-refractivity contribution >= 4 is 11.7 Å². The molecule has 3 rings (SSSR count). The molecule has 0 aliphatic carbocycles. The standard InChI is InChI=1S/C21H18FN3O3/c1-2-28-15-9-7-14(8-10-15)18-11-23-12-19(25-18)21(27)24-13-20(26)16-5-3-4-6-17(16)22/h3-12H,2,13H2,1H3,(H,24,27). The summed E-state index contributed by atoms with van der Waals surface area (Å²) in [5.74, 6) is -0.981. The summed E-state index contributed by atoms with van der Waals surface area (Å²) in [6.07, 6.45) is 2.85. The van der Waals surface area contributed by atoms with Gasteiger partial charge in [0.1, 0.15) is 17.3 Å². The van der Waals surface area contributed by atoms with E-state index in [2.05, 4.69) is 15.3 Å². The van der Waals surface area contributed by atoms with Crippen molar-refractivity contribution in [2.24, 2.45) is 0 Å². The summed E-state index contributed by atoms with van der Waals surface area (Å²) in [5, 5.41) is 2.45. The molecule has 1 aromatic heterocycles. The Morgan fingerprint density at radius 2 is 1.82 bits per heavy atom. The highest BCUT2D eigenvalue weighted by molar-refractivity contribution is 6.01. The van der Waals surface area contributed by atoms with Gasteiger partial charge in [0.2, 0.25) is 0 Å². The summed E-state index contributed by atoms with van der Waals surface area (Å²) in [7, 11) is 0. The number of aromatic nitrogens is 2. The molecule has 0 unspecified atom stereocenters. The maximum Gasteiger partial charge on any atom is 0.271 e. The number of rotatable bonds is 7. The number of halogens is 1. The number of ketones is 1. The van der Waals surface area contributed by atoms with Gasteiger partial charge in [0.25, 0.3) is 5.91 Å². The van der Waals surface area contributed by atoms with E-state index in [1.165, 1.54) is 30.6 Å². The summed E-state index contributed by atoms with van der Waals surface area (Å²) in [5.41, 5.74) is 1.27. The number of nitrogens with one attached hydrogen (secondary N) is 1. The number of benzene rings is 2. The van der Waals surface area contributed by atoms with E-state index in [9.17, 15) is 14.0 Å². The third-order valence-corrected chi connectivity index (χ3v) is 3.91. The molecular formula is C21H18FN3O3. The van der Waals surface area contributed by atoms with Gasteiger partial charge in [0, 0.05) is 5.56 Å². The maximum absolute atomic E-state index is 13.6. The van der Waals surface area contributed by atoms with Gasteiger partial charge in [-0.2, -0.15) is 0 Å². The molecule has 7 heteroatoms. The van der Waals surface area contributed by atoms with Crippen LogP contribution in [0, 0.1) is 5.82 Å². The van der Waals surface area contributed by atoms with E-state index in [-0.39, 0.29) is 17.8 Å². The molecule has 3 aromatic rings. The van der Waals surface area contributed by atoms with E-state index < -0.39 is 17.5 Å². The van der Waals surface area contributed by atoms with Crippen molar-refractivity contribution in [1.29, 1.82) is 0 Å². The molecule has 0 aliphatic rings. The predicted molar refractivity (Wildman–Crippen MR) is 102 cm³/mol. The fourth-order valence-electron chi connectivity index (χ4n) is 2.54. The molecule has 0 saturated heterocycles. The first-order valence-electron chi connectivity index (χ1n) is 8.69. The van der Waals surface area contributed by atoms with Gasteiger partial charge in [-0.15, -0.1) is 0 Å². The number of hydrogen-bond acceptors (Lipinski definition) is 5. The Labute approximate surface area is 161 Å². The Morgan fingerprint density at radius 1 is 1.07 bits per heavy atom. The van der Waals surface area contributed by atoms with Crippen molar-refractivity contribution in [2.75, 3.05) is 13.2 Å². The van der Waals surface area contributed by atoms with Crippen LogP contribution in [0.3, 0.4) is 0 Å². The van der Waals surface area contributed by atoms with Crippen LogP contribution in [0.2, 0.25) is 0 Å². The Balaban J connectivity index is 1.68. The molecule has 0 bridgehead atoms. The summed E-state index contributed by atoms with van der Waals surface area (Å²) >= 11 is 0. The van der Waals surface area contributed by atoms with E-state index in [4.69, 9.17) is 4.74 Å². The second-order valence-electron chi connectivity index (χ2n) is 5.83. The molecule has 6 nitrogen and oxygen atoms in total. The third-order valence-electron chi connectivity index (χ3n) is 3.91. The maximum atomic E-state index is 13.6. The second-order valence-corrected chi connectivity index (χ2v) is 5.83. The van der Waals surface area contributed by atoms with Crippen LogP contribution in [-0.2, 0) is 0 Å². The Hall–Kier alpha value is -3.61. The number of hydrogen-bond donors (Lipinski definition) is 1. The third kappa shape index (κ3) is 4.56. The predicted octanol–water partition coefficient (Wildman–Crippen LogP) is 3.29. The zero-order chi connectivity index (χ0) is 19.9. The highest BCUT2D eigenvalue weighted by Crippen LogP contribution is 2.20. The number of nitrogens with zero attached hydrogens (tertiary/aromatic N) is 2. The molecule has 1 heterocycles. The molecule has 28 heavy (non-hydrogen) atoms. The number of amides is 1. The molecule has 0 aliphatic heterocycles. The molecule has 0 atom stereocenters. The van der Waals surface area contributed by atoms with Crippen LogP contribution in [0.1, 0.15) is 27.8 Å². The van der Waals surface area contributed by atoms with Crippen molar-refractivity contribution in [3.63, 3.8) is 0 Å². The molecule has 142 valence electrons. The normalized spacial score (nSPS) is 10.4. The minimum atomic E-state index is -0.626. The topological polar surface area (TPSA) is 81.2 Å². The van der Waals surface area contributed by atoms with Crippen molar-refractivity contribution < 1.29 is 18.7 Å². The number of carbonyl (C=O) groups is 2. The van der Waals surface area contributed by atoms with Gasteiger partial charge in [-0.1, -0.05) is 12.1 Å². The highest BCUT2D eigenvalue weighted by Gasteiger charge is 2.14. The summed E-state index contributed by atoms with van der Waals surface area (Å²) in [6.45, 7) is 2.13. The van der Waals surface area contributed by atoms with E-state index in [0.717, 1.165) is 11.3 Å². The van der Waals surface area contributed by atoms with E-state index in [1.54, 1.807) is 18.2 Å². The van der Waals surface area contributed by atoms with Gasteiger partial charge >= 0.3 is 0 Å². The first kappa shape index (κ1) is 19.2.